The van der Waals surface area contributed by atoms with Crippen LogP contribution in [0.2, 0.25) is 10.0 Å². The molecule has 7 nitrogen and oxygen atoms in total. The standard InChI is InChI=1S/C26H33Cl2N3O4S/c1-18-23(28)13-8-14-24(18)31(36(3,34)35)17-25(32)30(16-20-9-7-10-21(27)15-20)19(2)26(33)29-22-11-5-4-6-12-22/h7-10,13-15,19,22H,4-6,11-12,16-17H2,1-3H3,(H,29,33). The molecule has 0 aromatic heterocycles. The van der Waals surface area contributed by atoms with Gasteiger partial charge in [-0.3, -0.25) is 13.9 Å². The van der Waals surface area contributed by atoms with E-state index in [9.17, 15) is 18.0 Å². The van der Waals surface area contributed by atoms with E-state index in [4.69, 9.17) is 23.2 Å². The molecule has 1 aliphatic carbocycles. The second-order valence-corrected chi connectivity index (χ2v) is 12.1. The van der Waals surface area contributed by atoms with Crippen LogP contribution >= 0.6 is 23.2 Å². The van der Waals surface area contributed by atoms with Crippen molar-refractivity contribution in [3.05, 3.63) is 63.6 Å². The average molecular weight is 555 g/mol. The first kappa shape index (κ1) is 28.3. The lowest BCUT2D eigenvalue weighted by molar-refractivity contribution is -0.139. The highest BCUT2D eigenvalue weighted by Gasteiger charge is 2.31. The van der Waals surface area contributed by atoms with Crippen molar-refractivity contribution in [2.75, 3.05) is 17.1 Å². The Morgan fingerprint density at radius 3 is 2.39 bits per heavy atom. The minimum Gasteiger partial charge on any atom is -0.352 e. The van der Waals surface area contributed by atoms with Gasteiger partial charge in [0.25, 0.3) is 0 Å². The van der Waals surface area contributed by atoms with Crippen molar-refractivity contribution in [2.24, 2.45) is 0 Å². The summed E-state index contributed by atoms with van der Waals surface area (Å²) in [6.07, 6.45) is 6.15. The van der Waals surface area contributed by atoms with Gasteiger partial charge in [0.05, 0.1) is 11.9 Å². The summed E-state index contributed by atoms with van der Waals surface area (Å²) in [6, 6.07) is 11.2. The number of hydrogen-bond donors (Lipinski definition) is 1. The SMILES string of the molecule is Cc1c(Cl)cccc1N(CC(=O)N(Cc1cccc(Cl)c1)C(C)C(=O)NC1CCCCC1)S(C)(=O)=O. The molecule has 0 heterocycles. The fraction of sp³-hybridized carbons (Fsp3) is 0.462. The second-order valence-electron chi connectivity index (χ2n) is 9.32. The molecule has 2 aromatic carbocycles. The topological polar surface area (TPSA) is 86.8 Å². The normalized spacial score (nSPS) is 15.2. The van der Waals surface area contributed by atoms with Gasteiger partial charge in [0.1, 0.15) is 12.6 Å². The number of sulfonamides is 1. The molecular formula is C26H33Cl2N3O4S. The van der Waals surface area contributed by atoms with E-state index in [-0.39, 0.29) is 18.5 Å². The summed E-state index contributed by atoms with van der Waals surface area (Å²) in [4.78, 5) is 28.3. The van der Waals surface area contributed by atoms with Crippen LogP contribution in [0.4, 0.5) is 5.69 Å². The van der Waals surface area contributed by atoms with E-state index >= 15 is 0 Å². The van der Waals surface area contributed by atoms with Gasteiger partial charge in [-0.15, -0.1) is 0 Å². The number of anilines is 1. The minimum atomic E-state index is -3.83. The van der Waals surface area contributed by atoms with Crippen molar-refractivity contribution >= 4 is 50.7 Å². The molecular weight excluding hydrogens is 521 g/mol. The van der Waals surface area contributed by atoms with Gasteiger partial charge in [0.15, 0.2) is 0 Å². The van der Waals surface area contributed by atoms with E-state index in [1.807, 2.05) is 6.07 Å². The monoisotopic (exact) mass is 553 g/mol. The highest BCUT2D eigenvalue weighted by molar-refractivity contribution is 7.92. The van der Waals surface area contributed by atoms with Crippen LogP contribution in [-0.4, -0.2) is 50.0 Å². The third-order valence-corrected chi connectivity index (χ3v) is 8.32. The summed E-state index contributed by atoms with van der Waals surface area (Å²) in [5, 5.41) is 3.97. The first-order valence-electron chi connectivity index (χ1n) is 12.0. The quantitative estimate of drug-likeness (QED) is 0.476. The first-order valence-corrected chi connectivity index (χ1v) is 14.6. The summed E-state index contributed by atoms with van der Waals surface area (Å²) in [5.74, 6) is -0.770. The predicted octanol–water partition coefficient (Wildman–Crippen LogP) is 4.93. The molecule has 196 valence electrons. The summed E-state index contributed by atoms with van der Waals surface area (Å²) in [7, 11) is -3.83. The van der Waals surface area contributed by atoms with Crippen LogP contribution in [-0.2, 0) is 26.2 Å². The summed E-state index contributed by atoms with van der Waals surface area (Å²) >= 11 is 12.4. The molecule has 1 saturated carbocycles. The molecule has 0 saturated heterocycles. The number of benzene rings is 2. The maximum Gasteiger partial charge on any atom is 0.244 e. The first-order chi connectivity index (χ1) is 17.0. The van der Waals surface area contributed by atoms with Crippen LogP contribution in [0.3, 0.4) is 0 Å². The maximum absolute atomic E-state index is 13.7. The average Bonchev–Trinajstić information content (AvgIpc) is 2.82. The number of nitrogens with one attached hydrogen (secondary N) is 1. The van der Waals surface area contributed by atoms with Gasteiger partial charge in [0, 0.05) is 22.6 Å². The van der Waals surface area contributed by atoms with Gasteiger partial charge < -0.3 is 10.2 Å². The smallest absolute Gasteiger partial charge is 0.244 e. The van der Waals surface area contributed by atoms with Gasteiger partial charge in [-0.25, -0.2) is 8.42 Å². The van der Waals surface area contributed by atoms with E-state index in [2.05, 4.69) is 5.32 Å². The Balaban J connectivity index is 1.90. The van der Waals surface area contributed by atoms with Crippen molar-refractivity contribution in [1.82, 2.24) is 10.2 Å². The van der Waals surface area contributed by atoms with Gasteiger partial charge in [-0.1, -0.05) is 60.7 Å². The number of nitrogens with zero attached hydrogens (tertiary/aromatic N) is 2. The van der Waals surface area contributed by atoms with Crippen molar-refractivity contribution in [3.63, 3.8) is 0 Å². The summed E-state index contributed by atoms with van der Waals surface area (Å²) < 4.78 is 26.5. The van der Waals surface area contributed by atoms with Gasteiger partial charge >= 0.3 is 0 Å². The van der Waals surface area contributed by atoms with Gasteiger partial charge in [0.2, 0.25) is 21.8 Å². The Labute approximate surface area is 223 Å². The Morgan fingerprint density at radius 1 is 1.08 bits per heavy atom. The molecule has 1 aliphatic rings. The summed E-state index contributed by atoms with van der Waals surface area (Å²) in [6.45, 7) is 2.99. The summed E-state index contributed by atoms with van der Waals surface area (Å²) in [5.41, 5.74) is 1.60. The molecule has 0 radical (unpaired) electrons. The van der Waals surface area contributed by atoms with Crippen LogP contribution in [0.5, 0.6) is 0 Å². The largest absolute Gasteiger partial charge is 0.352 e. The lowest BCUT2D eigenvalue weighted by atomic mass is 9.95. The van der Waals surface area contributed by atoms with E-state index in [1.165, 1.54) is 4.90 Å². The fourth-order valence-electron chi connectivity index (χ4n) is 4.44. The number of halogens is 2. The highest BCUT2D eigenvalue weighted by Crippen LogP contribution is 2.28. The Hall–Kier alpha value is -2.29. The van der Waals surface area contributed by atoms with E-state index in [0.29, 0.717) is 21.3 Å². The lowest BCUT2D eigenvalue weighted by Crippen LogP contribution is -2.53. The van der Waals surface area contributed by atoms with Crippen molar-refractivity contribution in [3.8, 4) is 0 Å². The van der Waals surface area contributed by atoms with Crippen molar-refractivity contribution < 1.29 is 18.0 Å². The van der Waals surface area contributed by atoms with E-state index < -0.39 is 28.5 Å². The molecule has 10 heteroatoms. The number of amides is 2. The molecule has 36 heavy (non-hydrogen) atoms. The maximum atomic E-state index is 13.7. The zero-order valence-corrected chi connectivity index (χ0v) is 23.2. The number of hydrogen-bond acceptors (Lipinski definition) is 4. The van der Waals surface area contributed by atoms with Crippen molar-refractivity contribution in [2.45, 2.75) is 64.6 Å². The third-order valence-electron chi connectivity index (χ3n) is 6.55. The molecule has 3 rings (SSSR count). The fourth-order valence-corrected chi connectivity index (χ4v) is 5.73. The Kier molecular flexibility index (Phi) is 9.66. The third kappa shape index (κ3) is 7.37. The van der Waals surface area contributed by atoms with Crippen molar-refractivity contribution in [1.29, 1.82) is 0 Å². The highest BCUT2D eigenvalue weighted by atomic mass is 35.5. The number of rotatable bonds is 9. The second kappa shape index (κ2) is 12.3. The van der Waals surface area contributed by atoms with Crippen LogP contribution in [0.25, 0.3) is 0 Å². The zero-order chi connectivity index (χ0) is 26.5. The Morgan fingerprint density at radius 2 is 1.75 bits per heavy atom. The predicted molar refractivity (Wildman–Crippen MR) is 145 cm³/mol. The molecule has 1 atom stereocenters. The number of carbonyl (C=O) groups excluding carboxylic acids is 2. The Bertz CT molecular complexity index is 1200. The molecule has 1 fully saturated rings. The van der Waals surface area contributed by atoms with Gasteiger partial charge in [-0.05, 0) is 62.1 Å². The van der Waals surface area contributed by atoms with Crippen LogP contribution in [0.15, 0.2) is 42.5 Å². The van der Waals surface area contributed by atoms with E-state index in [1.54, 1.807) is 50.2 Å². The molecule has 1 unspecified atom stereocenters. The molecule has 0 bridgehead atoms. The number of carbonyl (C=O) groups is 2. The zero-order valence-electron chi connectivity index (χ0n) is 20.8. The van der Waals surface area contributed by atoms with Crippen LogP contribution < -0.4 is 9.62 Å². The molecule has 1 N–H and O–H groups in total. The molecule has 2 amide bonds. The lowest BCUT2D eigenvalue weighted by Gasteiger charge is -2.33. The minimum absolute atomic E-state index is 0.0819. The van der Waals surface area contributed by atoms with Crippen LogP contribution in [0.1, 0.15) is 50.2 Å². The molecule has 0 spiro atoms. The molecule has 0 aliphatic heterocycles. The van der Waals surface area contributed by atoms with Crippen LogP contribution in [0, 0.1) is 6.92 Å². The van der Waals surface area contributed by atoms with Gasteiger partial charge in [-0.2, -0.15) is 0 Å². The van der Waals surface area contributed by atoms with E-state index in [0.717, 1.165) is 48.2 Å². The molecule has 2 aromatic rings.